The zero-order valence-corrected chi connectivity index (χ0v) is 8.90. The molecule has 12 heavy (non-hydrogen) atoms. The summed E-state index contributed by atoms with van der Waals surface area (Å²) in [6.07, 6.45) is 5.63. The predicted octanol–water partition coefficient (Wildman–Crippen LogP) is 1.34. The second kappa shape index (κ2) is 5.28. The highest BCUT2D eigenvalue weighted by atomic mass is 35.5. The smallest absolute Gasteiger partial charge is 0.0306 e. The largest absolute Gasteiger partial charge is 0.314 e. The molecule has 1 saturated heterocycles. The molecular formula is C8H18Cl2N2. The number of hydrogen-bond donors (Lipinski definition) is 2. The van der Waals surface area contributed by atoms with Gasteiger partial charge in [-0.3, -0.25) is 0 Å². The molecule has 0 bridgehead atoms. The van der Waals surface area contributed by atoms with E-state index in [0.29, 0.717) is 5.54 Å². The van der Waals surface area contributed by atoms with Gasteiger partial charge in [-0.15, -0.1) is 24.8 Å². The molecule has 0 atom stereocenters. The molecule has 2 fully saturated rings. The topological polar surface area (TPSA) is 24.1 Å². The first-order valence-corrected chi connectivity index (χ1v) is 4.37. The Balaban J connectivity index is 0.000000605. The van der Waals surface area contributed by atoms with E-state index in [1.165, 1.54) is 38.8 Å². The standard InChI is InChI=1S/C8H16N2.2ClH/c1-2-4-8(3-1)7-9-5-6-10-8;;/h9-10H,1-7H2;2*1H. The maximum absolute atomic E-state index is 3.63. The molecule has 1 heterocycles. The molecular weight excluding hydrogens is 195 g/mol. The fourth-order valence-electron chi connectivity index (χ4n) is 2.21. The van der Waals surface area contributed by atoms with Gasteiger partial charge in [0.15, 0.2) is 0 Å². The first kappa shape index (κ1) is 12.5. The van der Waals surface area contributed by atoms with Crippen LogP contribution < -0.4 is 10.6 Å². The van der Waals surface area contributed by atoms with Crippen LogP contribution in [-0.4, -0.2) is 25.2 Å². The SMILES string of the molecule is C1CCC2(C1)CNCCN2.Cl.Cl. The van der Waals surface area contributed by atoms with Crippen LogP contribution in [0.1, 0.15) is 25.7 Å². The molecule has 0 amide bonds. The summed E-state index contributed by atoms with van der Waals surface area (Å²) < 4.78 is 0. The van der Waals surface area contributed by atoms with Crippen LogP contribution in [0.4, 0.5) is 0 Å². The first-order chi connectivity index (χ1) is 4.91. The van der Waals surface area contributed by atoms with Crippen molar-refractivity contribution in [2.24, 2.45) is 0 Å². The van der Waals surface area contributed by atoms with Crippen molar-refractivity contribution in [3.05, 3.63) is 0 Å². The minimum absolute atomic E-state index is 0. The average Bonchev–Trinajstić information content (AvgIpc) is 2.39. The van der Waals surface area contributed by atoms with Gasteiger partial charge in [-0.2, -0.15) is 0 Å². The minimum Gasteiger partial charge on any atom is -0.314 e. The van der Waals surface area contributed by atoms with Crippen molar-refractivity contribution in [1.29, 1.82) is 0 Å². The Morgan fingerprint density at radius 1 is 0.917 bits per heavy atom. The van der Waals surface area contributed by atoms with Gasteiger partial charge in [0.05, 0.1) is 0 Å². The highest BCUT2D eigenvalue weighted by Crippen LogP contribution is 2.29. The predicted molar refractivity (Wildman–Crippen MR) is 56.6 cm³/mol. The van der Waals surface area contributed by atoms with E-state index >= 15 is 0 Å². The van der Waals surface area contributed by atoms with Crippen LogP contribution in [-0.2, 0) is 0 Å². The van der Waals surface area contributed by atoms with E-state index in [1.807, 2.05) is 0 Å². The second-order valence-electron chi connectivity index (χ2n) is 3.59. The van der Waals surface area contributed by atoms with Crippen molar-refractivity contribution < 1.29 is 0 Å². The summed E-state index contributed by atoms with van der Waals surface area (Å²) in [7, 11) is 0. The molecule has 2 aliphatic rings. The molecule has 1 aliphatic heterocycles. The van der Waals surface area contributed by atoms with E-state index in [4.69, 9.17) is 0 Å². The summed E-state index contributed by atoms with van der Waals surface area (Å²) in [5.74, 6) is 0. The van der Waals surface area contributed by atoms with E-state index in [0.717, 1.165) is 6.54 Å². The van der Waals surface area contributed by atoms with Crippen molar-refractivity contribution >= 4 is 24.8 Å². The van der Waals surface area contributed by atoms with Crippen LogP contribution in [0.25, 0.3) is 0 Å². The van der Waals surface area contributed by atoms with Gasteiger partial charge in [-0.1, -0.05) is 12.8 Å². The lowest BCUT2D eigenvalue weighted by molar-refractivity contribution is 0.278. The van der Waals surface area contributed by atoms with Gasteiger partial charge >= 0.3 is 0 Å². The summed E-state index contributed by atoms with van der Waals surface area (Å²) in [6, 6.07) is 0. The van der Waals surface area contributed by atoms with Crippen molar-refractivity contribution in [1.82, 2.24) is 10.6 Å². The lowest BCUT2D eigenvalue weighted by atomic mass is 9.96. The Kier molecular flexibility index (Phi) is 5.50. The third kappa shape index (κ3) is 2.49. The fraction of sp³-hybridized carbons (Fsp3) is 1.00. The van der Waals surface area contributed by atoms with Crippen molar-refractivity contribution in [2.75, 3.05) is 19.6 Å². The van der Waals surface area contributed by atoms with Gasteiger partial charge in [0.2, 0.25) is 0 Å². The fourth-order valence-corrected chi connectivity index (χ4v) is 2.21. The number of piperazine rings is 1. The van der Waals surface area contributed by atoms with Crippen molar-refractivity contribution in [3.8, 4) is 0 Å². The van der Waals surface area contributed by atoms with Crippen LogP contribution in [0.2, 0.25) is 0 Å². The van der Waals surface area contributed by atoms with E-state index in [2.05, 4.69) is 10.6 Å². The third-order valence-corrected chi connectivity index (χ3v) is 2.83. The molecule has 1 saturated carbocycles. The van der Waals surface area contributed by atoms with Crippen LogP contribution in [0, 0.1) is 0 Å². The summed E-state index contributed by atoms with van der Waals surface area (Å²) in [5.41, 5.74) is 0.512. The Hall–Kier alpha value is 0.500. The van der Waals surface area contributed by atoms with Crippen LogP contribution in [0.5, 0.6) is 0 Å². The Labute approximate surface area is 86.7 Å². The quantitative estimate of drug-likeness (QED) is 0.634. The molecule has 2 rings (SSSR count). The molecule has 0 aromatic carbocycles. The average molecular weight is 213 g/mol. The van der Waals surface area contributed by atoms with Gasteiger partial charge < -0.3 is 10.6 Å². The van der Waals surface area contributed by atoms with Crippen LogP contribution in [0.3, 0.4) is 0 Å². The van der Waals surface area contributed by atoms with E-state index in [-0.39, 0.29) is 24.8 Å². The number of rotatable bonds is 0. The number of hydrogen-bond acceptors (Lipinski definition) is 2. The second-order valence-corrected chi connectivity index (χ2v) is 3.59. The summed E-state index contributed by atoms with van der Waals surface area (Å²) in [4.78, 5) is 0. The molecule has 2 nitrogen and oxygen atoms in total. The third-order valence-electron chi connectivity index (χ3n) is 2.83. The Morgan fingerprint density at radius 2 is 1.58 bits per heavy atom. The van der Waals surface area contributed by atoms with Crippen molar-refractivity contribution in [2.45, 2.75) is 31.2 Å². The summed E-state index contributed by atoms with van der Waals surface area (Å²) in [5, 5.41) is 7.09. The maximum atomic E-state index is 3.63. The van der Waals surface area contributed by atoms with Crippen LogP contribution >= 0.6 is 24.8 Å². The van der Waals surface area contributed by atoms with Gasteiger partial charge in [0.1, 0.15) is 0 Å². The Morgan fingerprint density at radius 3 is 2.08 bits per heavy atom. The molecule has 74 valence electrons. The maximum Gasteiger partial charge on any atom is 0.0306 e. The van der Waals surface area contributed by atoms with Gasteiger partial charge in [0, 0.05) is 25.2 Å². The monoisotopic (exact) mass is 212 g/mol. The van der Waals surface area contributed by atoms with E-state index in [1.54, 1.807) is 0 Å². The molecule has 0 unspecified atom stereocenters. The van der Waals surface area contributed by atoms with Gasteiger partial charge in [-0.25, -0.2) is 0 Å². The lowest BCUT2D eigenvalue weighted by Gasteiger charge is -2.35. The van der Waals surface area contributed by atoms with Crippen LogP contribution in [0.15, 0.2) is 0 Å². The summed E-state index contributed by atoms with van der Waals surface area (Å²) >= 11 is 0. The Bertz CT molecular complexity index is 116. The number of halogens is 2. The molecule has 4 heteroatoms. The zero-order chi connectivity index (χ0) is 6.86. The summed E-state index contributed by atoms with van der Waals surface area (Å²) in [6.45, 7) is 3.52. The molecule has 2 N–H and O–H groups in total. The van der Waals surface area contributed by atoms with E-state index < -0.39 is 0 Å². The van der Waals surface area contributed by atoms with Gasteiger partial charge in [-0.05, 0) is 12.8 Å². The lowest BCUT2D eigenvalue weighted by Crippen LogP contribution is -2.57. The van der Waals surface area contributed by atoms with E-state index in [9.17, 15) is 0 Å². The molecule has 1 aliphatic carbocycles. The molecule has 0 aromatic rings. The van der Waals surface area contributed by atoms with Crippen molar-refractivity contribution in [3.63, 3.8) is 0 Å². The molecule has 0 aromatic heterocycles. The highest BCUT2D eigenvalue weighted by molar-refractivity contribution is 5.85. The normalized spacial score (nSPS) is 26.0. The van der Waals surface area contributed by atoms with Gasteiger partial charge in [0.25, 0.3) is 0 Å². The zero-order valence-electron chi connectivity index (χ0n) is 7.27. The first-order valence-electron chi connectivity index (χ1n) is 4.37. The minimum atomic E-state index is 0. The molecule has 1 spiro atoms. The number of nitrogens with one attached hydrogen (secondary N) is 2. The molecule has 0 radical (unpaired) electrons. The highest BCUT2D eigenvalue weighted by Gasteiger charge is 2.34.